The van der Waals surface area contributed by atoms with Crippen molar-refractivity contribution >= 4 is 73.7 Å². The maximum Gasteiger partial charge on any atom is 0.322 e. The molecule has 2 aromatic rings. The first-order valence-electron chi connectivity index (χ1n) is 6.80. The Bertz CT molecular complexity index is 767. The predicted molar refractivity (Wildman–Crippen MR) is 116 cm³/mol. The highest BCUT2D eigenvalue weighted by Gasteiger charge is 2.18. The number of hydrogen-bond acceptors (Lipinski definition) is 5. The molecule has 0 aromatic heterocycles. The van der Waals surface area contributed by atoms with E-state index in [1.807, 2.05) is 12.1 Å². The molecule has 5 nitrogen and oxygen atoms in total. The molecule has 2 aromatic carbocycles. The molecule has 0 amide bonds. The third-order valence-corrected chi connectivity index (χ3v) is 7.38. The number of rotatable bonds is 5. The topological polar surface area (TPSA) is 81.8 Å². The summed E-state index contributed by atoms with van der Waals surface area (Å²) < 4.78 is 13.4. The van der Waals surface area contributed by atoms with Gasteiger partial charge in [0.05, 0.1) is 14.3 Å². The molecule has 0 radical (unpaired) electrons. The van der Waals surface area contributed by atoms with Gasteiger partial charge in [0.15, 0.2) is 0 Å². The van der Waals surface area contributed by atoms with Crippen LogP contribution in [0.4, 0.5) is 0 Å². The van der Waals surface area contributed by atoms with Gasteiger partial charge in [0.2, 0.25) is 0 Å². The number of hydrogen-bond donors (Lipinski definition) is 2. The summed E-state index contributed by atoms with van der Waals surface area (Å²) in [6.45, 7) is 0. The molecule has 1 atom stereocenters. The van der Waals surface area contributed by atoms with Crippen molar-refractivity contribution in [3.8, 4) is 17.2 Å². The second kappa shape index (κ2) is 8.85. The van der Waals surface area contributed by atoms with E-state index in [0.717, 1.165) is 16.3 Å². The van der Waals surface area contributed by atoms with Crippen LogP contribution in [0.15, 0.2) is 30.3 Å². The third-order valence-electron chi connectivity index (χ3n) is 3.21. The minimum Gasteiger partial charge on any atom is -0.508 e. The van der Waals surface area contributed by atoms with Crippen LogP contribution in [0.1, 0.15) is 5.56 Å². The number of aromatic hydroxyl groups is 1. The Morgan fingerprint density at radius 3 is 2.46 bits per heavy atom. The molecule has 0 aliphatic carbocycles. The normalized spacial score (nSPS) is 11.9. The Morgan fingerprint density at radius 1 is 1.17 bits per heavy atom. The summed E-state index contributed by atoms with van der Waals surface area (Å²) in [5.41, 5.74) is 6.80. The first kappa shape index (κ1) is 20.0. The van der Waals surface area contributed by atoms with Gasteiger partial charge in [-0.3, -0.25) is 4.79 Å². The van der Waals surface area contributed by atoms with E-state index in [-0.39, 0.29) is 5.75 Å². The Hall–Kier alpha value is -0.340. The van der Waals surface area contributed by atoms with Gasteiger partial charge in [-0.05, 0) is 104 Å². The van der Waals surface area contributed by atoms with E-state index in [1.54, 1.807) is 18.2 Å². The molecule has 0 fully saturated rings. The lowest BCUT2D eigenvalue weighted by Crippen LogP contribution is -2.33. The highest BCUT2D eigenvalue weighted by molar-refractivity contribution is 14.1. The standard InChI is InChI=1S/C16H14I3NO4/c1-23-16(22)11(20)6-8-2-4-13(15(19)14(8)18)24-12-5-3-9(21)7-10(12)17/h2-5,7,11,21H,6,20H2,1H3/t11-/m0/s1. The Morgan fingerprint density at radius 2 is 1.83 bits per heavy atom. The second-order valence-electron chi connectivity index (χ2n) is 4.90. The van der Waals surface area contributed by atoms with Crippen molar-refractivity contribution in [3.63, 3.8) is 0 Å². The smallest absolute Gasteiger partial charge is 0.322 e. The summed E-state index contributed by atoms with van der Waals surface area (Å²) in [6, 6.07) is 8.00. The fraction of sp³-hybridized carbons (Fsp3) is 0.188. The summed E-state index contributed by atoms with van der Waals surface area (Å²) in [4.78, 5) is 11.5. The maximum atomic E-state index is 11.5. The van der Waals surface area contributed by atoms with Gasteiger partial charge in [-0.15, -0.1) is 0 Å². The van der Waals surface area contributed by atoms with Crippen molar-refractivity contribution in [1.29, 1.82) is 0 Å². The lowest BCUT2D eigenvalue weighted by molar-refractivity contribution is -0.142. The van der Waals surface area contributed by atoms with Gasteiger partial charge in [-0.1, -0.05) is 6.07 Å². The van der Waals surface area contributed by atoms with Crippen molar-refractivity contribution in [3.05, 3.63) is 46.6 Å². The highest BCUT2D eigenvalue weighted by Crippen LogP contribution is 2.35. The summed E-state index contributed by atoms with van der Waals surface area (Å²) in [5, 5.41) is 9.48. The Labute approximate surface area is 180 Å². The van der Waals surface area contributed by atoms with Gasteiger partial charge in [-0.2, -0.15) is 0 Å². The molecule has 0 saturated heterocycles. The molecule has 0 unspecified atom stereocenters. The van der Waals surface area contributed by atoms with Crippen LogP contribution in [0.25, 0.3) is 0 Å². The molecule has 128 valence electrons. The van der Waals surface area contributed by atoms with E-state index in [0.29, 0.717) is 17.9 Å². The Kier molecular flexibility index (Phi) is 7.37. The average molecular weight is 665 g/mol. The molecular formula is C16H14I3NO4. The second-order valence-corrected chi connectivity index (χ2v) is 8.22. The number of methoxy groups -OCH3 is 1. The lowest BCUT2D eigenvalue weighted by Gasteiger charge is -2.15. The zero-order valence-corrected chi connectivity index (χ0v) is 19.0. The van der Waals surface area contributed by atoms with Crippen molar-refractivity contribution in [2.24, 2.45) is 5.73 Å². The van der Waals surface area contributed by atoms with Crippen molar-refractivity contribution < 1.29 is 19.4 Å². The number of carbonyl (C=O) groups is 1. The van der Waals surface area contributed by atoms with Crippen LogP contribution in [0, 0.1) is 10.7 Å². The largest absolute Gasteiger partial charge is 0.508 e. The van der Waals surface area contributed by atoms with Gasteiger partial charge < -0.3 is 20.3 Å². The van der Waals surface area contributed by atoms with Crippen LogP contribution in [-0.2, 0) is 16.0 Å². The molecule has 24 heavy (non-hydrogen) atoms. The molecular weight excluding hydrogens is 651 g/mol. The quantitative estimate of drug-likeness (QED) is 0.373. The molecule has 0 aliphatic heterocycles. The minimum absolute atomic E-state index is 0.197. The van der Waals surface area contributed by atoms with E-state index in [4.69, 9.17) is 10.5 Å². The zero-order valence-electron chi connectivity index (χ0n) is 12.6. The summed E-state index contributed by atoms with van der Waals surface area (Å²) in [7, 11) is 1.33. The van der Waals surface area contributed by atoms with Crippen LogP contribution in [0.3, 0.4) is 0 Å². The third kappa shape index (κ3) is 4.85. The number of phenols is 1. The molecule has 0 heterocycles. The first-order chi connectivity index (χ1) is 11.3. The summed E-state index contributed by atoms with van der Waals surface area (Å²) in [6.07, 6.45) is 0.401. The maximum absolute atomic E-state index is 11.5. The van der Waals surface area contributed by atoms with E-state index in [1.165, 1.54) is 7.11 Å². The average Bonchev–Trinajstić information content (AvgIpc) is 2.55. The Balaban J connectivity index is 2.25. The van der Waals surface area contributed by atoms with E-state index in [9.17, 15) is 9.90 Å². The number of esters is 1. The van der Waals surface area contributed by atoms with Crippen molar-refractivity contribution in [1.82, 2.24) is 0 Å². The number of carbonyl (C=O) groups excluding carboxylic acids is 1. The molecule has 3 N–H and O–H groups in total. The zero-order chi connectivity index (χ0) is 17.9. The molecule has 8 heteroatoms. The highest BCUT2D eigenvalue weighted by atomic mass is 127. The van der Waals surface area contributed by atoms with Crippen LogP contribution < -0.4 is 10.5 Å². The fourth-order valence-corrected chi connectivity index (χ4v) is 3.88. The van der Waals surface area contributed by atoms with E-state index in [2.05, 4.69) is 72.5 Å². The molecule has 0 bridgehead atoms. The number of nitrogens with two attached hydrogens (primary N) is 1. The van der Waals surface area contributed by atoms with Crippen LogP contribution in [0.2, 0.25) is 0 Å². The number of phenolic OH excluding ortho intramolecular Hbond substituents is 1. The minimum atomic E-state index is -0.691. The van der Waals surface area contributed by atoms with Gasteiger partial charge in [0.1, 0.15) is 23.3 Å². The SMILES string of the molecule is COC(=O)[C@@H](N)Cc1ccc(Oc2ccc(O)cc2I)c(I)c1I. The number of halogens is 3. The van der Waals surface area contributed by atoms with Gasteiger partial charge >= 0.3 is 5.97 Å². The van der Waals surface area contributed by atoms with Crippen molar-refractivity contribution in [2.45, 2.75) is 12.5 Å². The number of benzene rings is 2. The summed E-state index contributed by atoms with van der Waals surface area (Å²) in [5.74, 6) is 1.14. The van der Waals surface area contributed by atoms with Crippen molar-refractivity contribution in [2.75, 3.05) is 7.11 Å². The monoisotopic (exact) mass is 665 g/mol. The van der Waals surface area contributed by atoms with Crippen LogP contribution >= 0.6 is 67.8 Å². The molecule has 0 saturated carbocycles. The van der Waals surface area contributed by atoms with Gasteiger partial charge in [0.25, 0.3) is 0 Å². The first-order valence-corrected chi connectivity index (χ1v) is 10.0. The van der Waals surface area contributed by atoms with Gasteiger partial charge in [0, 0.05) is 3.57 Å². The predicted octanol–water partition coefficient (Wildman–Crippen LogP) is 4.04. The van der Waals surface area contributed by atoms with Gasteiger partial charge in [-0.25, -0.2) is 0 Å². The van der Waals surface area contributed by atoms with Crippen LogP contribution in [0.5, 0.6) is 17.2 Å². The van der Waals surface area contributed by atoms with E-state index < -0.39 is 12.0 Å². The summed E-state index contributed by atoms with van der Waals surface area (Å²) >= 11 is 6.54. The fourth-order valence-electron chi connectivity index (χ4n) is 1.97. The lowest BCUT2D eigenvalue weighted by atomic mass is 10.1. The molecule has 2 rings (SSSR count). The van der Waals surface area contributed by atoms with Crippen LogP contribution in [-0.4, -0.2) is 24.2 Å². The molecule has 0 spiro atoms. The number of ether oxygens (including phenoxy) is 2. The van der Waals surface area contributed by atoms with E-state index >= 15 is 0 Å². The molecule has 0 aliphatic rings.